The van der Waals surface area contributed by atoms with Gasteiger partial charge in [-0.2, -0.15) is 5.10 Å². The van der Waals surface area contributed by atoms with Gasteiger partial charge < -0.3 is 4.42 Å². The number of nitrogens with zero attached hydrogens (tertiary/aromatic N) is 5. The Labute approximate surface area is 191 Å². The first-order chi connectivity index (χ1) is 16.1. The van der Waals surface area contributed by atoms with Crippen molar-refractivity contribution in [1.82, 2.24) is 19.7 Å². The predicted octanol–water partition coefficient (Wildman–Crippen LogP) is 5.12. The summed E-state index contributed by atoms with van der Waals surface area (Å²) in [6.07, 6.45) is 5.71. The molecule has 33 heavy (non-hydrogen) atoms. The summed E-state index contributed by atoms with van der Waals surface area (Å²) >= 11 is 0. The second kappa shape index (κ2) is 8.99. The molecule has 1 saturated heterocycles. The van der Waals surface area contributed by atoms with Crippen molar-refractivity contribution < 1.29 is 9.34 Å². The standard InChI is InChI=1S/C25H25N5O3/c1-18-24(27-25(33-18)21-5-7-22(8-6-21)29-14-2-13-26-29)17-28-15-11-20(12-16-28)19-3-9-23(10-4-19)30(31)32/h2-10,13-14,20H,11-12,15-17H2,1H3. The highest BCUT2D eigenvalue weighted by Gasteiger charge is 2.23. The molecule has 0 spiro atoms. The fourth-order valence-corrected chi connectivity index (χ4v) is 4.38. The van der Waals surface area contributed by atoms with Crippen molar-refractivity contribution in [1.29, 1.82) is 0 Å². The van der Waals surface area contributed by atoms with Crippen molar-refractivity contribution in [3.8, 4) is 17.1 Å². The average molecular weight is 444 g/mol. The maximum Gasteiger partial charge on any atom is 0.269 e. The molecular formula is C25H25N5O3. The Bertz CT molecular complexity index is 1220. The number of piperidine rings is 1. The molecule has 0 atom stereocenters. The van der Waals surface area contributed by atoms with Gasteiger partial charge in [-0.1, -0.05) is 12.1 Å². The largest absolute Gasteiger partial charge is 0.441 e. The maximum atomic E-state index is 10.9. The number of nitro benzene ring substituents is 1. The van der Waals surface area contributed by atoms with Crippen molar-refractivity contribution in [3.63, 3.8) is 0 Å². The van der Waals surface area contributed by atoms with Gasteiger partial charge in [0.1, 0.15) is 5.76 Å². The SMILES string of the molecule is Cc1oc(-c2ccc(-n3cccn3)cc2)nc1CN1CCC(c2ccc([N+](=O)[O-])cc2)CC1. The number of non-ortho nitro benzene ring substituents is 1. The van der Waals surface area contributed by atoms with E-state index in [0.29, 0.717) is 11.8 Å². The summed E-state index contributed by atoms with van der Waals surface area (Å²) < 4.78 is 7.79. The molecule has 0 aliphatic carbocycles. The monoisotopic (exact) mass is 443 g/mol. The number of rotatable bonds is 6. The molecule has 8 heteroatoms. The zero-order chi connectivity index (χ0) is 22.8. The summed E-state index contributed by atoms with van der Waals surface area (Å²) in [5.41, 5.74) is 4.22. The van der Waals surface area contributed by atoms with Crippen molar-refractivity contribution in [2.24, 2.45) is 0 Å². The summed E-state index contributed by atoms with van der Waals surface area (Å²) in [5.74, 6) is 1.92. The van der Waals surface area contributed by atoms with Gasteiger partial charge in [0.05, 0.1) is 16.3 Å². The fraction of sp³-hybridized carbons (Fsp3) is 0.280. The molecule has 168 valence electrons. The van der Waals surface area contributed by atoms with Crippen molar-refractivity contribution in [2.75, 3.05) is 13.1 Å². The molecule has 1 aliphatic heterocycles. The molecule has 3 heterocycles. The molecule has 0 unspecified atom stereocenters. The van der Waals surface area contributed by atoms with Crippen LogP contribution in [0.4, 0.5) is 5.69 Å². The Morgan fingerprint density at radius 2 is 1.82 bits per heavy atom. The molecule has 2 aromatic carbocycles. The zero-order valence-electron chi connectivity index (χ0n) is 18.4. The molecule has 0 saturated carbocycles. The van der Waals surface area contributed by atoms with Crippen LogP contribution >= 0.6 is 0 Å². The fourth-order valence-electron chi connectivity index (χ4n) is 4.38. The lowest BCUT2D eigenvalue weighted by Gasteiger charge is -2.31. The minimum atomic E-state index is -0.352. The molecule has 1 fully saturated rings. The number of likely N-dealkylation sites (tertiary alicyclic amines) is 1. The van der Waals surface area contributed by atoms with Gasteiger partial charge in [-0.05, 0) is 74.7 Å². The van der Waals surface area contributed by atoms with E-state index in [0.717, 1.165) is 55.2 Å². The molecule has 0 bridgehead atoms. The van der Waals surface area contributed by atoms with Gasteiger partial charge in [0, 0.05) is 36.6 Å². The highest BCUT2D eigenvalue weighted by molar-refractivity contribution is 5.56. The minimum absolute atomic E-state index is 0.143. The van der Waals surface area contributed by atoms with Gasteiger partial charge in [-0.15, -0.1) is 0 Å². The normalized spacial score (nSPS) is 15.1. The van der Waals surface area contributed by atoms with E-state index in [4.69, 9.17) is 9.40 Å². The molecule has 5 rings (SSSR count). The molecule has 1 aliphatic rings. The van der Waals surface area contributed by atoms with Gasteiger partial charge in [0.15, 0.2) is 0 Å². The number of hydrogen-bond donors (Lipinski definition) is 0. The highest BCUT2D eigenvalue weighted by atomic mass is 16.6. The van der Waals surface area contributed by atoms with Crippen molar-refractivity contribution in [3.05, 3.63) is 94.1 Å². The highest BCUT2D eigenvalue weighted by Crippen LogP contribution is 2.30. The first-order valence-electron chi connectivity index (χ1n) is 11.1. The quantitative estimate of drug-likeness (QED) is 0.303. The minimum Gasteiger partial charge on any atom is -0.441 e. The van der Waals surface area contributed by atoms with Gasteiger partial charge in [0.25, 0.3) is 5.69 Å². The maximum absolute atomic E-state index is 10.9. The lowest BCUT2D eigenvalue weighted by atomic mass is 9.89. The second-order valence-electron chi connectivity index (χ2n) is 8.42. The number of oxazole rings is 1. The van der Waals surface area contributed by atoms with E-state index in [1.54, 1.807) is 18.3 Å². The van der Waals surface area contributed by atoms with E-state index in [-0.39, 0.29) is 10.6 Å². The summed E-state index contributed by atoms with van der Waals surface area (Å²) in [5, 5.41) is 15.1. The molecule has 0 amide bonds. The Hall–Kier alpha value is -3.78. The molecule has 4 aromatic rings. The summed E-state index contributed by atoms with van der Waals surface area (Å²) in [6, 6.07) is 16.9. The van der Waals surface area contributed by atoms with E-state index in [1.807, 2.05) is 60.3 Å². The second-order valence-corrected chi connectivity index (χ2v) is 8.42. The van der Waals surface area contributed by atoms with E-state index >= 15 is 0 Å². The number of hydrogen-bond acceptors (Lipinski definition) is 6. The lowest BCUT2D eigenvalue weighted by Crippen LogP contribution is -2.32. The topological polar surface area (TPSA) is 90.2 Å². The van der Waals surface area contributed by atoms with Crippen molar-refractivity contribution in [2.45, 2.75) is 32.2 Å². The number of aryl methyl sites for hydroxylation is 1. The van der Waals surface area contributed by atoms with E-state index in [2.05, 4.69) is 10.00 Å². The molecule has 0 N–H and O–H groups in total. The predicted molar refractivity (Wildman–Crippen MR) is 124 cm³/mol. The van der Waals surface area contributed by atoms with Crippen LogP contribution in [0.3, 0.4) is 0 Å². The van der Waals surface area contributed by atoms with Crippen LogP contribution in [-0.4, -0.2) is 37.7 Å². The summed E-state index contributed by atoms with van der Waals surface area (Å²) in [7, 11) is 0. The number of aromatic nitrogens is 3. The number of nitro groups is 1. The van der Waals surface area contributed by atoms with Crippen LogP contribution < -0.4 is 0 Å². The Kier molecular flexibility index (Phi) is 5.75. The third kappa shape index (κ3) is 4.56. The van der Waals surface area contributed by atoms with Crippen LogP contribution in [0.5, 0.6) is 0 Å². The molecule has 8 nitrogen and oxygen atoms in total. The van der Waals surface area contributed by atoms with Crippen LogP contribution in [-0.2, 0) is 6.54 Å². The van der Waals surface area contributed by atoms with E-state index in [9.17, 15) is 10.1 Å². The van der Waals surface area contributed by atoms with Gasteiger partial charge in [0.2, 0.25) is 5.89 Å². The van der Waals surface area contributed by atoms with Gasteiger partial charge in [-0.25, -0.2) is 9.67 Å². The van der Waals surface area contributed by atoms with Crippen LogP contribution in [0.25, 0.3) is 17.1 Å². The number of benzene rings is 2. The molecule has 2 aromatic heterocycles. The summed E-state index contributed by atoms with van der Waals surface area (Å²) in [6.45, 7) is 4.64. The van der Waals surface area contributed by atoms with Crippen molar-refractivity contribution >= 4 is 5.69 Å². The third-order valence-electron chi connectivity index (χ3n) is 6.31. The molecular weight excluding hydrogens is 418 g/mol. The smallest absolute Gasteiger partial charge is 0.269 e. The van der Waals surface area contributed by atoms with E-state index < -0.39 is 0 Å². The average Bonchev–Trinajstić information content (AvgIpc) is 3.50. The van der Waals surface area contributed by atoms with Crippen LogP contribution in [0.15, 0.2) is 71.4 Å². The third-order valence-corrected chi connectivity index (χ3v) is 6.31. The van der Waals surface area contributed by atoms with Gasteiger partial charge in [-0.3, -0.25) is 15.0 Å². The zero-order valence-corrected chi connectivity index (χ0v) is 18.4. The first kappa shape index (κ1) is 21.1. The van der Waals surface area contributed by atoms with Crippen LogP contribution in [0.1, 0.15) is 35.8 Å². The van der Waals surface area contributed by atoms with Crippen LogP contribution in [0, 0.1) is 17.0 Å². The van der Waals surface area contributed by atoms with E-state index in [1.165, 1.54) is 5.56 Å². The Morgan fingerprint density at radius 3 is 2.45 bits per heavy atom. The van der Waals surface area contributed by atoms with Gasteiger partial charge >= 0.3 is 0 Å². The van der Waals surface area contributed by atoms with Crippen LogP contribution in [0.2, 0.25) is 0 Å². The lowest BCUT2D eigenvalue weighted by molar-refractivity contribution is -0.384. The first-order valence-corrected chi connectivity index (χ1v) is 11.1. The Balaban J connectivity index is 1.21. The summed E-state index contributed by atoms with van der Waals surface area (Å²) in [4.78, 5) is 17.7. The molecule has 0 radical (unpaired) electrons. The Morgan fingerprint density at radius 1 is 1.09 bits per heavy atom.